The third kappa shape index (κ3) is 5.30. The third-order valence-corrected chi connectivity index (χ3v) is 4.56. The Morgan fingerprint density at radius 3 is 2.14 bits per heavy atom. The van der Waals surface area contributed by atoms with Crippen LogP contribution in [0.4, 0.5) is 0 Å². The van der Waals surface area contributed by atoms with E-state index >= 15 is 0 Å². The van der Waals surface area contributed by atoms with Crippen LogP contribution in [0, 0.1) is 0 Å². The fraction of sp³-hybridized carbons (Fsp3) is 0.0870. The van der Waals surface area contributed by atoms with Crippen molar-refractivity contribution >= 4 is 29.3 Å². The lowest BCUT2D eigenvalue weighted by atomic mass is 9.98. The Morgan fingerprint density at radius 2 is 1.41 bits per heavy atom. The van der Waals surface area contributed by atoms with E-state index in [4.69, 9.17) is 16.3 Å². The number of carbonyl (C=O) groups is 3. The van der Waals surface area contributed by atoms with E-state index in [0.717, 1.165) is 5.56 Å². The van der Waals surface area contributed by atoms with Crippen LogP contribution >= 0.6 is 11.6 Å². The molecule has 0 aromatic heterocycles. The van der Waals surface area contributed by atoms with E-state index in [1.54, 1.807) is 66.7 Å². The Bertz CT molecular complexity index is 1030. The van der Waals surface area contributed by atoms with E-state index in [2.05, 4.69) is 5.32 Å². The van der Waals surface area contributed by atoms with Gasteiger partial charge in [-0.1, -0.05) is 78.3 Å². The topological polar surface area (TPSA) is 72.5 Å². The summed E-state index contributed by atoms with van der Waals surface area (Å²) >= 11 is 6.04. The fourth-order valence-electron chi connectivity index (χ4n) is 2.70. The molecule has 1 amide bonds. The first-order chi connectivity index (χ1) is 14.1. The van der Waals surface area contributed by atoms with E-state index < -0.39 is 18.5 Å². The van der Waals surface area contributed by atoms with Gasteiger partial charge in [-0.05, 0) is 17.7 Å². The Hall–Kier alpha value is -3.44. The summed E-state index contributed by atoms with van der Waals surface area (Å²) in [5.41, 5.74) is 1.55. The van der Waals surface area contributed by atoms with Crippen LogP contribution in [0.15, 0.2) is 78.9 Å². The largest absolute Gasteiger partial charge is 0.452 e. The zero-order valence-electron chi connectivity index (χ0n) is 15.4. The number of hydrogen-bond donors (Lipinski definition) is 1. The van der Waals surface area contributed by atoms with Gasteiger partial charge < -0.3 is 10.1 Å². The number of halogens is 1. The molecule has 0 saturated carbocycles. The predicted octanol–water partition coefficient (Wildman–Crippen LogP) is 4.04. The molecule has 0 aliphatic heterocycles. The molecule has 0 unspecified atom stereocenters. The minimum atomic E-state index is -0.738. The second-order valence-corrected chi connectivity index (χ2v) is 6.59. The van der Waals surface area contributed by atoms with Gasteiger partial charge in [0.15, 0.2) is 12.4 Å². The van der Waals surface area contributed by atoms with Gasteiger partial charge in [-0.15, -0.1) is 0 Å². The first-order valence-electron chi connectivity index (χ1n) is 8.92. The van der Waals surface area contributed by atoms with Gasteiger partial charge in [0.1, 0.15) is 0 Å². The van der Waals surface area contributed by atoms with E-state index in [-0.39, 0.29) is 23.5 Å². The van der Waals surface area contributed by atoms with Crippen molar-refractivity contribution in [3.8, 4) is 0 Å². The maximum absolute atomic E-state index is 12.7. The number of benzene rings is 3. The normalized spacial score (nSPS) is 10.2. The van der Waals surface area contributed by atoms with Crippen molar-refractivity contribution in [1.29, 1.82) is 0 Å². The Balaban J connectivity index is 1.62. The SMILES string of the molecule is O=C(COC(=O)c1ccccc1C(=O)c1ccccc1)NCc1ccccc1Cl. The van der Waals surface area contributed by atoms with E-state index in [1.165, 1.54) is 6.07 Å². The minimum Gasteiger partial charge on any atom is -0.452 e. The maximum Gasteiger partial charge on any atom is 0.339 e. The van der Waals surface area contributed by atoms with Crippen molar-refractivity contribution < 1.29 is 19.1 Å². The van der Waals surface area contributed by atoms with Gasteiger partial charge in [0.2, 0.25) is 0 Å². The number of amides is 1. The number of esters is 1. The molecule has 3 aromatic rings. The summed E-state index contributed by atoms with van der Waals surface area (Å²) in [7, 11) is 0. The van der Waals surface area contributed by atoms with Crippen molar-refractivity contribution in [2.24, 2.45) is 0 Å². The van der Waals surface area contributed by atoms with Crippen molar-refractivity contribution in [3.63, 3.8) is 0 Å². The Morgan fingerprint density at radius 1 is 0.793 bits per heavy atom. The second-order valence-electron chi connectivity index (χ2n) is 6.19. The molecule has 3 rings (SSSR count). The summed E-state index contributed by atoms with van der Waals surface area (Å²) in [6.45, 7) is -0.240. The van der Waals surface area contributed by atoms with E-state index in [9.17, 15) is 14.4 Å². The molecule has 0 fully saturated rings. The summed E-state index contributed by atoms with van der Waals surface area (Å²) in [4.78, 5) is 37.2. The van der Waals surface area contributed by atoms with Gasteiger partial charge >= 0.3 is 5.97 Å². The molecule has 3 aromatic carbocycles. The lowest BCUT2D eigenvalue weighted by Gasteiger charge is -2.10. The lowest BCUT2D eigenvalue weighted by Crippen LogP contribution is -2.28. The minimum absolute atomic E-state index is 0.111. The van der Waals surface area contributed by atoms with E-state index in [0.29, 0.717) is 10.6 Å². The fourth-order valence-corrected chi connectivity index (χ4v) is 2.90. The maximum atomic E-state index is 12.7. The molecule has 6 heteroatoms. The van der Waals surface area contributed by atoms with Gasteiger partial charge in [0, 0.05) is 22.7 Å². The highest BCUT2D eigenvalue weighted by atomic mass is 35.5. The van der Waals surface area contributed by atoms with Crippen LogP contribution in [-0.4, -0.2) is 24.3 Å². The van der Waals surface area contributed by atoms with Crippen LogP contribution in [0.1, 0.15) is 31.8 Å². The number of ketones is 1. The predicted molar refractivity (Wildman–Crippen MR) is 110 cm³/mol. The Labute approximate surface area is 173 Å². The van der Waals surface area contributed by atoms with Gasteiger partial charge in [-0.3, -0.25) is 9.59 Å². The molecule has 29 heavy (non-hydrogen) atoms. The Kier molecular flexibility index (Phi) is 6.76. The molecule has 0 radical (unpaired) electrons. The third-order valence-electron chi connectivity index (χ3n) is 4.20. The van der Waals surface area contributed by atoms with Crippen LogP contribution < -0.4 is 5.32 Å². The summed E-state index contributed by atoms with van der Waals surface area (Å²) in [5, 5.41) is 3.18. The molecule has 0 bridgehead atoms. The van der Waals surface area contributed by atoms with Crippen molar-refractivity contribution in [2.45, 2.75) is 6.54 Å². The number of ether oxygens (including phenoxy) is 1. The molecule has 0 saturated heterocycles. The van der Waals surface area contributed by atoms with Gasteiger partial charge in [0.25, 0.3) is 5.91 Å². The number of rotatable bonds is 7. The van der Waals surface area contributed by atoms with Crippen molar-refractivity contribution in [3.05, 3.63) is 106 Å². The van der Waals surface area contributed by atoms with Crippen molar-refractivity contribution in [1.82, 2.24) is 5.32 Å². The summed E-state index contributed by atoms with van der Waals surface area (Å²) in [6, 6.07) is 22.1. The van der Waals surface area contributed by atoms with Crippen LogP contribution in [0.2, 0.25) is 5.02 Å². The van der Waals surface area contributed by atoms with Crippen LogP contribution in [0.5, 0.6) is 0 Å². The number of carbonyl (C=O) groups excluding carboxylic acids is 3. The smallest absolute Gasteiger partial charge is 0.339 e. The number of hydrogen-bond acceptors (Lipinski definition) is 4. The zero-order chi connectivity index (χ0) is 20.6. The highest BCUT2D eigenvalue weighted by Gasteiger charge is 2.19. The quantitative estimate of drug-likeness (QED) is 0.474. The standard InChI is InChI=1S/C23H18ClNO4/c24-20-13-7-4-10-17(20)14-25-21(26)15-29-23(28)19-12-6-5-11-18(19)22(27)16-8-2-1-3-9-16/h1-13H,14-15H2,(H,25,26). The first kappa shape index (κ1) is 20.3. The summed E-state index contributed by atoms with van der Waals surface area (Å²) in [6.07, 6.45) is 0. The summed E-state index contributed by atoms with van der Waals surface area (Å²) in [5.74, 6) is -1.50. The molecule has 0 atom stereocenters. The molecular weight excluding hydrogens is 390 g/mol. The van der Waals surface area contributed by atoms with Crippen molar-refractivity contribution in [2.75, 3.05) is 6.61 Å². The highest BCUT2D eigenvalue weighted by molar-refractivity contribution is 6.31. The lowest BCUT2D eigenvalue weighted by molar-refractivity contribution is -0.124. The van der Waals surface area contributed by atoms with Crippen LogP contribution in [0.25, 0.3) is 0 Å². The van der Waals surface area contributed by atoms with Gasteiger partial charge in [-0.25, -0.2) is 4.79 Å². The number of nitrogens with one attached hydrogen (secondary N) is 1. The second kappa shape index (κ2) is 9.66. The molecule has 0 aliphatic carbocycles. The molecule has 0 heterocycles. The summed E-state index contributed by atoms with van der Waals surface area (Å²) < 4.78 is 5.10. The average molecular weight is 408 g/mol. The van der Waals surface area contributed by atoms with Crippen LogP contribution in [-0.2, 0) is 16.1 Å². The molecule has 1 N–H and O–H groups in total. The molecule has 0 aliphatic rings. The van der Waals surface area contributed by atoms with Crippen LogP contribution in [0.3, 0.4) is 0 Å². The molecular formula is C23H18ClNO4. The highest BCUT2D eigenvalue weighted by Crippen LogP contribution is 2.16. The van der Waals surface area contributed by atoms with Gasteiger partial charge in [0.05, 0.1) is 5.56 Å². The first-order valence-corrected chi connectivity index (χ1v) is 9.30. The van der Waals surface area contributed by atoms with E-state index in [1.807, 2.05) is 6.07 Å². The average Bonchev–Trinajstić information content (AvgIpc) is 2.77. The molecule has 0 spiro atoms. The monoisotopic (exact) mass is 407 g/mol. The zero-order valence-corrected chi connectivity index (χ0v) is 16.2. The molecule has 146 valence electrons. The van der Waals surface area contributed by atoms with Gasteiger partial charge in [-0.2, -0.15) is 0 Å². The molecule has 5 nitrogen and oxygen atoms in total.